The van der Waals surface area contributed by atoms with Crippen LogP contribution in [0.4, 0.5) is 0 Å². The number of carbonyl (C=O) groups is 1. The summed E-state index contributed by atoms with van der Waals surface area (Å²) in [6.45, 7) is 2.76. The molecular formula is C13H22N2OS. The molecule has 0 radical (unpaired) electrons. The smallest absolute Gasteiger partial charge is 0.229 e. The summed E-state index contributed by atoms with van der Waals surface area (Å²) in [5.74, 6) is 2.21. The highest BCUT2D eigenvalue weighted by Gasteiger charge is 2.39. The van der Waals surface area contributed by atoms with E-state index in [4.69, 9.17) is 18.0 Å². The minimum absolute atomic E-state index is 0.0165. The highest BCUT2D eigenvalue weighted by Crippen LogP contribution is 2.47. The number of hydrogen-bond acceptors (Lipinski definition) is 2. The highest BCUT2D eigenvalue weighted by atomic mass is 32.1. The molecule has 4 unspecified atom stereocenters. The minimum Gasteiger partial charge on any atom is -0.393 e. The van der Waals surface area contributed by atoms with Gasteiger partial charge in [-0.25, -0.2) is 0 Å². The summed E-state index contributed by atoms with van der Waals surface area (Å²) < 4.78 is 0. The van der Waals surface area contributed by atoms with Crippen molar-refractivity contribution in [2.24, 2.45) is 29.4 Å². The normalized spacial score (nSPS) is 32.4. The fraction of sp³-hybridized carbons (Fsp3) is 0.846. The third-order valence-corrected chi connectivity index (χ3v) is 4.78. The van der Waals surface area contributed by atoms with Crippen molar-refractivity contribution in [3.63, 3.8) is 0 Å². The fourth-order valence-corrected chi connectivity index (χ4v) is 3.77. The van der Waals surface area contributed by atoms with Crippen molar-refractivity contribution in [3.8, 4) is 0 Å². The molecule has 0 aromatic carbocycles. The van der Waals surface area contributed by atoms with Crippen molar-refractivity contribution in [1.82, 2.24) is 5.32 Å². The van der Waals surface area contributed by atoms with Gasteiger partial charge in [0, 0.05) is 6.54 Å². The fourth-order valence-electron chi connectivity index (χ4n) is 3.50. The van der Waals surface area contributed by atoms with Gasteiger partial charge in [-0.2, -0.15) is 0 Å². The molecule has 0 spiro atoms. The van der Waals surface area contributed by atoms with Gasteiger partial charge in [-0.15, -0.1) is 0 Å². The first-order valence-electron chi connectivity index (χ1n) is 6.68. The predicted molar refractivity (Wildman–Crippen MR) is 72.5 cm³/mol. The Morgan fingerprint density at radius 1 is 1.47 bits per heavy atom. The number of nitrogens with two attached hydrogens (primary N) is 1. The molecule has 4 atom stereocenters. The zero-order valence-electron chi connectivity index (χ0n) is 10.4. The number of thiocarbonyl (C=S) groups is 1. The average Bonchev–Trinajstić information content (AvgIpc) is 2.88. The summed E-state index contributed by atoms with van der Waals surface area (Å²) in [4.78, 5) is 12.2. The maximum absolute atomic E-state index is 11.9. The lowest BCUT2D eigenvalue weighted by atomic mass is 9.88. The number of hydrogen-bond donors (Lipinski definition) is 2. The van der Waals surface area contributed by atoms with Gasteiger partial charge in [-0.3, -0.25) is 4.79 Å². The molecule has 0 aliphatic heterocycles. The van der Waals surface area contributed by atoms with Gasteiger partial charge in [-0.1, -0.05) is 25.6 Å². The molecule has 2 saturated carbocycles. The summed E-state index contributed by atoms with van der Waals surface area (Å²) in [5, 5.41) is 3.04. The third kappa shape index (κ3) is 2.79. The third-order valence-electron chi connectivity index (χ3n) is 4.49. The molecule has 1 amide bonds. The van der Waals surface area contributed by atoms with Crippen LogP contribution in [-0.4, -0.2) is 17.4 Å². The quantitative estimate of drug-likeness (QED) is 0.736. The SMILES string of the molecule is CCC(C(=O)NCC1CC2CCC1C2)C(N)=S. The van der Waals surface area contributed by atoms with E-state index in [1.54, 1.807) is 0 Å². The molecule has 4 heteroatoms. The standard InChI is InChI=1S/C13H22N2OS/c1-2-11(12(14)17)13(16)15-7-10-6-8-3-4-9(10)5-8/h8-11H,2-7H2,1H3,(H2,14,17)(H,15,16). The Balaban J connectivity index is 1.78. The van der Waals surface area contributed by atoms with Crippen LogP contribution in [0.1, 0.15) is 39.0 Å². The lowest BCUT2D eigenvalue weighted by molar-refractivity contribution is -0.123. The molecule has 3 nitrogen and oxygen atoms in total. The van der Waals surface area contributed by atoms with Crippen LogP contribution in [0.25, 0.3) is 0 Å². The molecule has 17 heavy (non-hydrogen) atoms. The van der Waals surface area contributed by atoms with Crippen LogP contribution < -0.4 is 11.1 Å². The topological polar surface area (TPSA) is 55.1 Å². The van der Waals surface area contributed by atoms with Gasteiger partial charge < -0.3 is 11.1 Å². The van der Waals surface area contributed by atoms with Crippen molar-refractivity contribution in [2.75, 3.05) is 6.54 Å². The van der Waals surface area contributed by atoms with E-state index < -0.39 is 0 Å². The first-order chi connectivity index (χ1) is 8.11. The molecule has 0 aromatic heterocycles. The Bertz CT molecular complexity index is 319. The summed E-state index contributed by atoms with van der Waals surface area (Å²) in [7, 11) is 0. The molecule has 2 rings (SSSR count). The van der Waals surface area contributed by atoms with Gasteiger partial charge in [0.2, 0.25) is 5.91 Å². The second kappa shape index (κ2) is 5.34. The van der Waals surface area contributed by atoms with Crippen LogP contribution in [0, 0.1) is 23.7 Å². The van der Waals surface area contributed by atoms with E-state index in [9.17, 15) is 4.79 Å². The zero-order valence-corrected chi connectivity index (χ0v) is 11.3. The van der Waals surface area contributed by atoms with Crippen LogP contribution in [0.15, 0.2) is 0 Å². The van der Waals surface area contributed by atoms with E-state index in [1.165, 1.54) is 25.7 Å². The van der Waals surface area contributed by atoms with Crippen molar-refractivity contribution >= 4 is 23.1 Å². The molecule has 2 aliphatic carbocycles. The number of amides is 1. The van der Waals surface area contributed by atoms with Crippen LogP contribution in [0.2, 0.25) is 0 Å². The van der Waals surface area contributed by atoms with Gasteiger partial charge in [0.1, 0.15) is 0 Å². The Kier molecular flexibility index (Phi) is 4.02. The Hall–Kier alpha value is -0.640. The van der Waals surface area contributed by atoms with E-state index >= 15 is 0 Å². The molecule has 96 valence electrons. The lowest BCUT2D eigenvalue weighted by Gasteiger charge is -2.23. The van der Waals surface area contributed by atoms with Gasteiger partial charge in [-0.05, 0) is 43.4 Å². The largest absolute Gasteiger partial charge is 0.393 e. The number of rotatable bonds is 5. The summed E-state index contributed by atoms with van der Waals surface area (Å²) in [6, 6.07) is 0. The molecule has 2 bridgehead atoms. The summed E-state index contributed by atoms with van der Waals surface area (Å²) in [5.41, 5.74) is 5.56. The summed E-state index contributed by atoms with van der Waals surface area (Å²) >= 11 is 4.91. The van der Waals surface area contributed by atoms with Gasteiger partial charge in [0.05, 0.1) is 10.9 Å². The van der Waals surface area contributed by atoms with Gasteiger partial charge >= 0.3 is 0 Å². The van der Waals surface area contributed by atoms with Crippen LogP contribution in [-0.2, 0) is 4.79 Å². The van der Waals surface area contributed by atoms with E-state index in [0.29, 0.717) is 17.3 Å². The maximum atomic E-state index is 11.9. The molecule has 0 aromatic rings. The van der Waals surface area contributed by atoms with Gasteiger partial charge in [0.15, 0.2) is 0 Å². The van der Waals surface area contributed by atoms with Crippen molar-refractivity contribution in [3.05, 3.63) is 0 Å². The van der Waals surface area contributed by atoms with E-state index in [0.717, 1.165) is 18.4 Å². The molecule has 3 N–H and O–H groups in total. The predicted octanol–water partition coefficient (Wildman–Crippen LogP) is 1.85. The van der Waals surface area contributed by atoms with E-state index in [2.05, 4.69) is 5.32 Å². The van der Waals surface area contributed by atoms with E-state index in [1.807, 2.05) is 6.92 Å². The van der Waals surface area contributed by atoms with Crippen LogP contribution >= 0.6 is 12.2 Å². The monoisotopic (exact) mass is 254 g/mol. The molecule has 2 aliphatic rings. The Labute approximate surface area is 109 Å². The maximum Gasteiger partial charge on any atom is 0.229 e. The molecular weight excluding hydrogens is 232 g/mol. The minimum atomic E-state index is -0.288. The first kappa shape index (κ1) is 12.8. The number of carbonyl (C=O) groups excluding carboxylic acids is 1. The lowest BCUT2D eigenvalue weighted by Crippen LogP contribution is -2.40. The first-order valence-corrected chi connectivity index (χ1v) is 7.09. The summed E-state index contributed by atoms with van der Waals surface area (Å²) in [6.07, 6.45) is 6.14. The Morgan fingerprint density at radius 3 is 2.71 bits per heavy atom. The Morgan fingerprint density at radius 2 is 2.24 bits per heavy atom. The second-order valence-corrected chi connectivity index (χ2v) is 6.01. The van der Waals surface area contributed by atoms with Crippen molar-refractivity contribution < 1.29 is 4.79 Å². The van der Waals surface area contributed by atoms with Crippen molar-refractivity contribution in [2.45, 2.75) is 39.0 Å². The van der Waals surface area contributed by atoms with Crippen LogP contribution in [0.3, 0.4) is 0 Å². The number of fused-ring (bicyclic) bond motifs is 2. The van der Waals surface area contributed by atoms with E-state index in [-0.39, 0.29) is 11.8 Å². The zero-order chi connectivity index (χ0) is 12.4. The van der Waals surface area contributed by atoms with Gasteiger partial charge in [0.25, 0.3) is 0 Å². The molecule has 0 heterocycles. The van der Waals surface area contributed by atoms with Crippen molar-refractivity contribution in [1.29, 1.82) is 0 Å². The average molecular weight is 254 g/mol. The van der Waals surface area contributed by atoms with Crippen LogP contribution in [0.5, 0.6) is 0 Å². The molecule has 0 saturated heterocycles. The number of nitrogens with one attached hydrogen (secondary N) is 1. The second-order valence-electron chi connectivity index (χ2n) is 5.54. The highest BCUT2D eigenvalue weighted by molar-refractivity contribution is 7.80. The molecule has 2 fully saturated rings.